The Morgan fingerprint density at radius 2 is 1.27 bits per heavy atom. The van der Waals surface area contributed by atoms with Crippen molar-refractivity contribution >= 4 is 17.1 Å². The molecule has 2 rings (SSSR count). The molecular weight excluding hydrogens is 276 g/mol. The summed E-state index contributed by atoms with van der Waals surface area (Å²) in [7, 11) is 0. The predicted molar refractivity (Wildman–Crippen MR) is 91.8 cm³/mol. The molecule has 0 fully saturated rings. The first-order chi connectivity index (χ1) is 10.8. The molecule has 0 spiro atoms. The topological polar surface area (TPSA) is 55.7 Å². The first kappa shape index (κ1) is 16.3. The van der Waals surface area contributed by atoms with E-state index in [0.29, 0.717) is 0 Å². The summed E-state index contributed by atoms with van der Waals surface area (Å²) in [5.74, 6) is 0. The number of hydrogen-bond donors (Lipinski definition) is 3. The Balaban J connectivity index is 2.01. The molecule has 0 heterocycles. The van der Waals surface area contributed by atoms with E-state index in [0.717, 1.165) is 43.0 Å². The van der Waals surface area contributed by atoms with Crippen LogP contribution in [0.3, 0.4) is 0 Å². The number of anilines is 3. The van der Waals surface area contributed by atoms with E-state index in [9.17, 15) is 0 Å². The lowest BCUT2D eigenvalue weighted by molar-refractivity contribution is 0.282. The molecule has 0 aliphatic heterocycles. The molecule has 3 N–H and O–H groups in total. The number of aliphatic hydroxyl groups is 2. The molecule has 0 saturated carbocycles. The van der Waals surface area contributed by atoms with Crippen LogP contribution < -0.4 is 10.2 Å². The van der Waals surface area contributed by atoms with E-state index >= 15 is 0 Å². The molecule has 0 radical (unpaired) electrons. The zero-order chi connectivity index (χ0) is 15.6. The van der Waals surface area contributed by atoms with Crippen molar-refractivity contribution in [3.8, 4) is 0 Å². The number of rotatable bonds is 9. The molecular formula is C18H24N2O2. The highest BCUT2D eigenvalue weighted by atomic mass is 16.3. The van der Waals surface area contributed by atoms with Crippen LogP contribution >= 0.6 is 0 Å². The molecule has 0 aromatic heterocycles. The number of para-hydroxylation sites is 1. The van der Waals surface area contributed by atoms with Crippen molar-refractivity contribution in [2.75, 3.05) is 36.5 Å². The van der Waals surface area contributed by atoms with Crippen LogP contribution in [-0.2, 0) is 0 Å². The minimum Gasteiger partial charge on any atom is -0.396 e. The molecule has 0 saturated heterocycles. The normalized spacial score (nSPS) is 10.5. The fourth-order valence-electron chi connectivity index (χ4n) is 2.34. The van der Waals surface area contributed by atoms with E-state index in [1.165, 1.54) is 0 Å². The van der Waals surface area contributed by atoms with Crippen molar-refractivity contribution in [1.29, 1.82) is 0 Å². The zero-order valence-electron chi connectivity index (χ0n) is 12.8. The first-order valence-corrected chi connectivity index (χ1v) is 7.72. The third-order valence-electron chi connectivity index (χ3n) is 3.47. The van der Waals surface area contributed by atoms with E-state index in [1.54, 1.807) is 0 Å². The average Bonchev–Trinajstić information content (AvgIpc) is 2.57. The standard InChI is InChI=1S/C18H24N2O2/c21-14-4-12-20(13-5-15-22)18-10-8-17(9-11-18)19-16-6-2-1-3-7-16/h1-3,6-11,19,21-22H,4-5,12-15H2. The summed E-state index contributed by atoms with van der Waals surface area (Å²) in [6.45, 7) is 1.95. The number of nitrogens with zero attached hydrogens (tertiary/aromatic N) is 1. The Hall–Kier alpha value is -2.04. The summed E-state index contributed by atoms with van der Waals surface area (Å²) in [6, 6.07) is 18.3. The highest BCUT2D eigenvalue weighted by molar-refractivity contribution is 5.62. The van der Waals surface area contributed by atoms with Crippen LogP contribution in [0.5, 0.6) is 0 Å². The van der Waals surface area contributed by atoms with E-state index in [4.69, 9.17) is 10.2 Å². The maximum atomic E-state index is 9.01. The maximum Gasteiger partial charge on any atom is 0.0447 e. The number of aliphatic hydroxyl groups excluding tert-OH is 2. The van der Waals surface area contributed by atoms with E-state index in [1.807, 2.05) is 42.5 Å². The highest BCUT2D eigenvalue weighted by Crippen LogP contribution is 2.21. The van der Waals surface area contributed by atoms with Gasteiger partial charge >= 0.3 is 0 Å². The average molecular weight is 300 g/mol. The van der Waals surface area contributed by atoms with Gasteiger partial charge in [-0.1, -0.05) is 18.2 Å². The van der Waals surface area contributed by atoms with Gasteiger partial charge in [-0.15, -0.1) is 0 Å². The summed E-state index contributed by atoms with van der Waals surface area (Å²) in [5.41, 5.74) is 3.22. The molecule has 4 nitrogen and oxygen atoms in total. The van der Waals surface area contributed by atoms with Crippen LogP contribution in [-0.4, -0.2) is 36.5 Å². The SMILES string of the molecule is OCCCN(CCCO)c1ccc(Nc2ccccc2)cc1. The van der Waals surface area contributed by atoms with Crippen LogP contribution in [0.1, 0.15) is 12.8 Å². The summed E-state index contributed by atoms with van der Waals surface area (Å²) in [6.07, 6.45) is 1.46. The lowest BCUT2D eigenvalue weighted by Crippen LogP contribution is -2.26. The van der Waals surface area contributed by atoms with E-state index < -0.39 is 0 Å². The summed E-state index contributed by atoms with van der Waals surface area (Å²) < 4.78 is 0. The summed E-state index contributed by atoms with van der Waals surface area (Å²) in [5, 5.41) is 21.4. The van der Waals surface area contributed by atoms with Crippen molar-refractivity contribution in [2.24, 2.45) is 0 Å². The number of hydrogen-bond acceptors (Lipinski definition) is 4. The van der Waals surface area contributed by atoms with Gasteiger partial charge in [-0.3, -0.25) is 0 Å². The quantitative estimate of drug-likeness (QED) is 0.666. The lowest BCUT2D eigenvalue weighted by Gasteiger charge is -2.24. The second kappa shape index (κ2) is 9.07. The fraction of sp³-hybridized carbons (Fsp3) is 0.333. The Morgan fingerprint density at radius 1 is 0.727 bits per heavy atom. The summed E-state index contributed by atoms with van der Waals surface area (Å²) in [4.78, 5) is 2.19. The van der Waals surface area contributed by atoms with Crippen molar-refractivity contribution < 1.29 is 10.2 Å². The van der Waals surface area contributed by atoms with Crippen molar-refractivity contribution in [3.63, 3.8) is 0 Å². The van der Waals surface area contributed by atoms with Gasteiger partial charge in [-0.2, -0.15) is 0 Å². The second-order valence-corrected chi connectivity index (χ2v) is 5.18. The predicted octanol–water partition coefficient (Wildman–Crippen LogP) is 3.00. The second-order valence-electron chi connectivity index (χ2n) is 5.18. The van der Waals surface area contributed by atoms with Crippen LogP contribution in [0, 0.1) is 0 Å². The van der Waals surface area contributed by atoms with Crippen molar-refractivity contribution in [2.45, 2.75) is 12.8 Å². The van der Waals surface area contributed by atoms with Gasteiger partial charge < -0.3 is 20.4 Å². The van der Waals surface area contributed by atoms with Crippen LogP contribution in [0.4, 0.5) is 17.1 Å². The maximum absolute atomic E-state index is 9.01. The molecule has 0 bridgehead atoms. The largest absolute Gasteiger partial charge is 0.396 e. The minimum absolute atomic E-state index is 0.184. The van der Waals surface area contributed by atoms with Crippen molar-refractivity contribution in [1.82, 2.24) is 0 Å². The Bertz CT molecular complexity index is 521. The fourth-order valence-corrected chi connectivity index (χ4v) is 2.34. The van der Waals surface area contributed by atoms with Gasteiger partial charge in [0.25, 0.3) is 0 Å². The molecule has 0 aliphatic carbocycles. The monoisotopic (exact) mass is 300 g/mol. The molecule has 118 valence electrons. The lowest BCUT2D eigenvalue weighted by atomic mass is 10.2. The summed E-state index contributed by atoms with van der Waals surface area (Å²) >= 11 is 0. The molecule has 4 heteroatoms. The number of benzene rings is 2. The molecule has 0 amide bonds. The highest BCUT2D eigenvalue weighted by Gasteiger charge is 2.06. The molecule has 0 atom stereocenters. The van der Waals surface area contributed by atoms with Crippen LogP contribution in [0.15, 0.2) is 54.6 Å². The van der Waals surface area contributed by atoms with Gasteiger partial charge in [0.15, 0.2) is 0 Å². The van der Waals surface area contributed by atoms with Gasteiger partial charge in [0.1, 0.15) is 0 Å². The van der Waals surface area contributed by atoms with Gasteiger partial charge in [0, 0.05) is 43.4 Å². The van der Waals surface area contributed by atoms with E-state index in [2.05, 4.69) is 22.3 Å². The Labute approximate surface area is 132 Å². The van der Waals surface area contributed by atoms with Crippen LogP contribution in [0.25, 0.3) is 0 Å². The van der Waals surface area contributed by atoms with E-state index in [-0.39, 0.29) is 13.2 Å². The molecule has 0 aliphatic rings. The van der Waals surface area contributed by atoms with Crippen LogP contribution in [0.2, 0.25) is 0 Å². The minimum atomic E-state index is 0.184. The van der Waals surface area contributed by atoms with Crippen molar-refractivity contribution in [3.05, 3.63) is 54.6 Å². The molecule has 22 heavy (non-hydrogen) atoms. The Morgan fingerprint density at radius 3 is 1.82 bits per heavy atom. The third-order valence-corrected chi connectivity index (χ3v) is 3.47. The molecule has 2 aromatic rings. The van der Waals surface area contributed by atoms with Gasteiger partial charge in [0.2, 0.25) is 0 Å². The third kappa shape index (κ3) is 5.06. The van der Waals surface area contributed by atoms with Gasteiger partial charge in [-0.25, -0.2) is 0 Å². The zero-order valence-corrected chi connectivity index (χ0v) is 12.8. The molecule has 2 aromatic carbocycles. The number of nitrogens with one attached hydrogen (secondary N) is 1. The smallest absolute Gasteiger partial charge is 0.0447 e. The Kier molecular flexibility index (Phi) is 6.74. The van der Waals surface area contributed by atoms with Gasteiger partial charge in [0.05, 0.1) is 0 Å². The molecule has 0 unspecified atom stereocenters. The van der Waals surface area contributed by atoms with Gasteiger partial charge in [-0.05, 0) is 49.2 Å². The first-order valence-electron chi connectivity index (χ1n) is 7.72.